The van der Waals surface area contributed by atoms with Crippen molar-refractivity contribution in [2.24, 2.45) is 11.7 Å². The van der Waals surface area contributed by atoms with Gasteiger partial charge < -0.3 is 30.8 Å². The minimum absolute atomic E-state index is 0.0772. The van der Waals surface area contributed by atoms with Crippen molar-refractivity contribution >= 4 is 35.7 Å². The predicted molar refractivity (Wildman–Crippen MR) is 151 cm³/mol. The summed E-state index contributed by atoms with van der Waals surface area (Å²) in [6.07, 6.45) is 4.72. The molecule has 0 radical (unpaired) electrons. The van der Waals surface area contributed by atoms with Crippen LogP contribution in [-0.4, -0.2) is 78.9 Å². The number of likely N-dealkylation sites (tertiary alicyclic amines) is 1. The zero-order valence-electron chi connectivity index (χ0n) is 23.7. The molecule has 0 aromatic heterocycles. The minimum atomic E-state index is -1.13. The Morgan fingerprint density at radius 3 is 2.50 bits per heavy atom. The number of amidine groups is 1. The summed E-state index contributed by atoms with van der Waals surface area (Å²) in [4.78, 5) is 65.0. The first-order valence-electron chi connectivity index (χ1n) is 14.0. The van der Waals surface area contributed by atoms with Crippen molar-refractivity contribution in [3.63, 3.8) is 0 Å². The standard InChI is InChI=1S/C29H43N5O6/c1-4-8-20(9-5-2)28(38)33-23(16-26(37)40-3)29(39)34-13-7-12-24(34)25(36)17-32-22(18-35)15-19-10-6-11-21(14-19)27(30)31/h6,10-11,14,18,20,22-24,32H,4-5,7-9,12-13,15-17H2,1-3H3,(H3,30,31)(H,33,38)/t22?,23-,24?/m0/s1. The number of carbonyl (C=O) groups excluding carboxylic acids is 5. The summed E-state index contributed by atoms with van der Waals surface area (Å²) in [5.41, 5.74) is 6.88. The molecule has 0 saturated carbocycles. The van der Waals surface area contributed by atoms with Crippen LogP contribution in [0.5, 0.6) is 0 Å². The molecule has 1 aliphatic heterocycles. The van der Waals surface area contributed by atoms with Crippen LogP contribution < -0.4 is 16.4 Å². The van der Waals surface area contributed by atoms with Gasteiger partial charge in [0.1, 0.15) is 18.2 Å². The first-order chi connectivity index (χ1) is 19.1. The number of methoxy groups -OCH3 is 1. The van der Waals surface area contributed by atoms with Crippen molar-refractivity contribution < 1.29 is 28.7 Å². The molecule has 11 heteroatoms. The molecule has 5 N–H and O–H groups in total. The van der Waals surface area contributed by atoms with E-state index in [4.69, 9.17) is 15.9 Å². The fourth-order valence-electron chi connectivity index (χ4n) is 5.05. The molecular weight excluding hydrogens is 514 g/mol. The zero-order valence-corrected chi connectivity index (χ0v) is 23.7. The first kappa shape index (κ1) is 32.6. The second-order valence-electron chi connectivity index (χ2n) is 10.2. The van der Waals surface area contributed by atoms with E-state index in [-0.39, 0.29) is 36.4 Å². The Hall–Kier alpha value is -3.60. The number of ketones is 1. The number of nitrogens with one attached hydrogen (secondary N) is 3. The highest BCUT2D eigenvalue weighted by Crippen LogP contribution is 2.21. The molecule has 1 saturated heterocycles. The van der Waals surface area contributed by atoms with Gasteiger partial charge in [-0.2, -0.15) is 0 Å². The number of esters is 1. The van der Waals surface area contributed by atoms with Crippen LogP contribution >= 0.6 is 0 Å². The number of nitrogens with zero attached hydrogens (tertiary/aromatic N) is 1. The molecule has 0 spiro atoms. The maximum Gasteiger partial charge on any atom is 0.308 e. The normalized spacial score (nSPS) is 16.3. The Balaban J connectivity index is 2.08. The number of amides is 2. The molecule has 1 heterocycles. The lowest BCUT2D eigenvalue weighted by Crippen LogP contribution is -2.54. The third kappa shape index (κ3) is 9.55. The number of Topliss-reactive ketones (excluding diaryl/α,β-unsaturated/α-hetero) is 1. The average molecular weight is 558 g/mol. The van der Waals surface area contributed by atoms with Crippen LogP contribution in [0.4, 0.5) is 0 Å². The number of hydrogen-bond acceptors (Lipinski definition) is 8. The van der Waals surface area contributed by atoms with Crippen molar-refractivity contribution in [2.45, 2.75) is 83.3 Å². The van der Waals surface area contributed by atoms with Gasteiger partial charge in [0.2, 0.25) is 11.8 Å². The smallest absolute Gasteiger partial charge is 0.308 e. The number of nitrogens with two attached hydrogens (primary N) is 1. The van der Waals surface area contributed by atoms with Gasteiger partial charge in [-0.25, -0.2) is 0 Å². The van der Waals surface area contributed by atoms with E-state index in [1.807, 2.05) is 19.9 Å². The third-order valence-corrected chi connectivity index (χ3v) is 7.16. The molecule has 2 unspecified atom stereocenters. The van der Waals surface area contributed by atoms with Crippen LogP contribution in [0, 0.1) is 11.3 Å². The van der Waals surface area contributed by atoms with E-state index >= 15 is 0 Å². The zero-order chi connectivity index (χ0) is 29.7. The lowest BCUT2D eigenvalue weighted by Gasteiger charge is -2.29. The molecule has 1 aromatic rings. The molecule has 40 heavy (non-hydrogen) atoms. The molecule has 220 valence electrons. The maximum absolute atomic E-state index is 13.6. The number of nitrogen functional groups attached to an aromatic ring is 1. The number of benzene rings is 1. The molecule has 1 fully saturated rings. The fraction of sp³-hybridized carbons (Fsp3) is 0.586. The Kier molecular flexibility index (Phi) is 13.4. The Morgan fingerprint density at radius 2 is 1.90 bits per heavy atom. The molecule has 2 amide bonds. The Bertz CT molecular complexity index is 1060. The van der Waals surface area contributed by atoms with Crippen LogP contribution in [0.3, 0.4) is 0 Å². The largest absolute Gasteiger partial charge is 0.469 e. The highest BCUT2D eigenvalue weighted by atomic mass is 16.5. The van der Waals surface area contributed by atoms with Crippen LogP contribution in [-0.2, 0) is 35.1 Å². The maximum atomic E-state index is 13.6. The molecule has 11 nitrogen and oxygen atoms in total. The highest BCUT2D eigenvalue weighted by molar-refractivity contribution is 5.96. The summed E-state index contributed by atoms with van der Waals surface area (Å²) < 4.78 is 4.76. The third-order valence-electron chi connectivity index (χ3n) is 7.16. The van der Waals surface area contributed by atoms with Crippen LogP contribution in [0.25, 0.3) is 0 Å². The van der Waals surface area contributed by atoms with E-state index in [9.17, 15) is 24.0 Å². The topological polar surface area (TPSA) is 172 Å². The molecule has 2 rings (SSSR count). The molecule has 0 aliphatic carbocycles. The monoisotopic (exact) mass is 557 g/mol. The first-order valence-corrected chi connectivity index (χ1v) is 14.0. The SMILES string of the molecule is CCCC(CCC)C(=O)N[C@@H](CC(=O)OC)C(=O)N1CCCC1C(=O)CNC(C=O)Cc1cccc(C(=N)N)c1. The fourth-order valence-corrected chi connectivity index (χ4v) is 5.05. The summed E-state index contributed by atoms with van der Waals surface area (Å²) in [6.45, 7) is 4.16. The molecule has 3 atom stereocenters. The van der Waals surface area contributed by atoms with Gasteiger partial charge in [0, 0.05) is 18.0 Å². The summed E-state index contributed by atoms with van der Waals surface area (Å²) in [5, 5.41) is 13.3. The van der Waals surface area contributed by atoms with Gasteiger partial charge in [0.05, 0.1) is 32.2 Å². The number of ether oxygens (including phenoxy) is 1. The van der Waals surface area contributed by atoms with E-state index in [1.165, 1.54) is 12.0 Å². The summed E-state index contributed by atoms with van der Waals surface area (Å²) in [7, 11) is 1.22. The Labute approximate surface area is 236 Å². The van der Waals surface area contributed by atoms with Crippen molar-refractivity contribution in [2.75, 3.05) is 20.2 Å². The van der Waals surface area contributed by atoms with Crippen LogP contribution in [0.2, 0.25) is 0 Å². The van der Waals surface area contributed by atoms with Gasteiger partial charge >= 0.3 is 5.97 Å². The number of aldehydes is 1. The van der Waals surface area contributed by atoms with Crippen molar-refractivity contribution in [1.82, 2.24) is 15.5 Å². The van der Waals surface area contributed by atoms with Gasteiger partial charge in [-0.3, -0.25) is 24.6 Å². The lowest BCUT2D eigenvalue weighted by atomic mass is 9.96. The van der Waals surface area contributed by atoms with Crippen molar-refractivity contribution in [3.8, 4) is 0 Å². The van der Waals surface area contributed by atoms with Gasteiger partial charge in [-0.15, -0.1) is 0 Å². The highest BCUT2D eigenvalue weighted by Gasteiger charge is 2.38. The Morgan fingerprint density at radius 1 is 1.20 bits per heavy atom. The summed E-state index contributed by atoms with van der Waals surface area (Å²) >= 11 is 0. The predicted octanol–water partition coefficient (Wildman–Crippen LogP) is 1.49. The second kappa shape index (κ2) is 16.5. The second-order valence-corrected chi connectivity index (χ2v) is 10.2. The molecule has 1 aliphatic rings. The molecule has 0 bridgehead atoms. The lowest BCUT2D eigenvalue weighted by molar-refractivity contribution is -0.147. The average Bonchev–Trinajstić information content (AvgIpc) is 3.44. The van der Waals surface area contributed by atoms with Crippen LogP contribution in [0.15, 0.2) is 24.3 Å². The van der Waals surface area contributed by atoms with Crippen LogP contribution in [0.1, 0.15) is 69.9 Å². The van der Waals surface area contributed by atoms with Gasteiger partial charge in [-0.1, -0.05) is 44.9 Å². The quantitative estimate of drug-likeness (QED) is 0.0965. The summed E-state index contributed by atoms with van der Waals surface area (Å²) in [6, 6.07) is 4.47. The van der Waals surface area contributed by atoms with E-state index in [0.29, 0.717) is 44.2 Å². The van der Waals surface area contributed by atoms with Crippen molar-refractivity contribution in [3.05, 3.63) is 35.4 Å². The van der Waals surface area contributed by atoms with Crippen molar-refractivity contribution in [1.29, 1.82) is 5.41 Å². The number of carbonyl (C=O) groups is 5. The summed E-state index contributed by atoms with van der Waals surface area (Å²) in [5.74, 6) is -2.00. The number of hydrogen-bond donors (Lipinski definition) is 4. The van der Waals surface area contributed by atoms with E-state index in [2.05, 4.69) is 10.6 Å². The van der Waals surface area contributed by atoms with E-state index in [0.717, 1.165) is 24.7 Å². The molecular formula is C29H43N5O6. The number of rotatable bonds is 17. The minimum Gasteiger partial charge on any atom is -0.469 e. The van der Waals surface area contributed by atoms with Gasteiger partial charge in [-0.05, 0) is 43.7 Å². The molecule has 1 aromatic carbocycles. The van der Waals surface area contributed by atoms with E-state index < -0.39 is 30.0 Å². The van der Waals surface area contributed by atoms with E-state index in [1.54, 1.807) is 18.2 Å². The van der Waals surface area contributed by atoms with Gasteiger partial charge in [0.15, 0.2) is 5.78 Å². The van der Waals surface area contributed by atoms with Gasteiger partial charge in [0.25, 0.3) is 0 Å².